The summed E-state index contributed by atoms with van der Waals surface area (Å²) in [4.78, 5) is 15.1. The third kappa shape index (κ3) is 5.81. The van der Waals surface area contributed by atoms with Crippen LogP contribution in [0.25, 0.3) is 0 Å². The first-order valence-electron chi connectivity index (χ1n) is 12.8. The van der Waals surface area contributed by atoms with E-state index in [9.17, 15) is 13.2 Å². The van der Waals surface area contributed by atoms with Gasteiger partial charge in [-0.1, -0.05) is 36.4 Å². The van der Waals surface area contributed by atoms with Crippen LogP contribution in [-0.4, -0.2) is 34.5 Å². The number of ether oxygens (including phenoxy) is 1. The van der Waals surface area contributed by atoms with E-state index in [1.54, 1.807) is 19.2 Å². The van der Waals surface area contributed by atoms with E-state index in [1.165, 1.54) is 5.56 Å². The minimum Gasteiger partial charge on any atom is -0.497 e. The number of nitrogens with one attached hydrogen (secondary N) is 2. The van der Waals surface area contributed by atoms with Crippen molar-refractivity contribution >= 4 is 27.3 Å². The number of rotatable bonds is 8. The van der Waals surface area contributed by atoms with E-state index in [1.807, 2.05) is 48.5 Å². The molecule has 0 spiro atoms. The van der Waals surface area contributed by atoms with E-state index >= 15 is 0 Å². The van der Waals surface area contributed by atoms with Crippen LogP contribution in [0.4, 0.5) is 11.4 Å². The van der Waals surface area contributed by atoms with E-state index in [-0.39, 0.29) is 23.3 Å². The van der Waals surface area contributed by atoms with E-state index in [2.05, 4.69) is 21.0 Å². The number of benzene rings is 3. The molecule has 5 rings (SSSR count). The van der Waals surface area contributed by atoms with Crippen molar-refractivity contribution in [2.45, 2.75) is 49.5 Å². The number of sulfonamides is 1. The van der Waals surface area contributed by atoms with E-state index in [0.717, 1.165) is 62.1 Å². The average Bonchev–Trinajstić information content (AvgIpc) is 3.44. The highest BCUT2D eigenvalue weighted by molar-refractivity contribution is 7.89. The molecule has 37 heavy (non-hydrogen) atoms. The second-order valence-electron chi connectivity index (χ2n) is 9.71. The van der Waals surface area contributed by atoms with Crippen LogP contribution in [0.3, 0.4) is 0 Å². The molecule has 3 aromatic rings. The van der Waals surface area contributed by atoms with Gasteiger partial charge in [0.05, 0.1) is 19.2 Å². The summed E-state index contributed by atoms with van der Waals surface area (Å²) in [5, 5.41) is 2.89. The van der Waals surface area contributed by atoms with Gasteiger partial charge in [0.1, 0.15) is 10.6 Å². The third-order valence-electron chi connectivity index (χ3n) is 7.17. The molecule has 3 aromatic carbocycles. The molecule has 1 saturated heterocycles. The maximum atomic E-state index is 13.8. The van der Waals surface area contributed by atoms with Crippen molar-refractivity contribution in [3.05, 3.63) is 83.4 Å². The first-order valence-corrected chi connectivity index (χ1v) is 14.3. The van der Waals surface area contributed by atoms with Crippen molar-refractivity contribution in [3.63, 3.8) is 0 Å². The van der Waals surface area contributed by atoms with Crippen LogP contribution in [0.1, 0.15) is 48.4 Å². The number of hydrogen-bond donors (Lipinski definition) is 2. The lowest BCUT2D eigenvalue weighted by molar-refractivity contribution is -0.115. The Kier molecular flexibility index (Phi) is 7.48. The molecular weight excluding hydrogens is 486 g/mol. The van der Waals surface area contributed by atoms with Crippen molar-refractivity contribution in [3.8, 4) is 5.75 Å². The standard InChI is InChI=1S/C29H33N3O4S/c1-36-24-14-11-21(12-15-24)19-29(33)30-23-13-16-27(32-17-4-5-18-32)28(20-23)37(34,35)31-26-10-6-8-22-7-2-3-9-25(22)26/h2-3,7,9,11-16,20,26,31H,4-6,8,10,17-19H2,1H3,(H,30,33). The number of nitrogens with zero attached hydrogens (tertiary/aromatic N) is 1. The quantitative estimate of drug-likeness (QED) is 0.445. The molecule has 8 heteroatoms. The molecule has 2 N–H and O–H groups in total. The molecule has 1 aliphatic carbocycles. The lowest BCUT2D eigenvalue weighted by Crippen LogP contribution is -2.32. The molecule has 1 unspecified atom stereocenters. The van der Waals surface area contributed by atoms with Gasteiger partial charge in [-0.05, 0) is 79.1 Å². The Morgan fingerprint density at radius 3 is 2.51 bits per heavy atom. The lowest BCUT2D eigenvalue weighted by atomic mass is 9.88. The topological polar surface area (TPSA) is 87.7 Å². The number of amides is 1. The van der Waals surface area contributed by atoms with Gasteiger partial charge in [-0.15, -0.1) is 0 Å². The SMILES string of the molecule is COc1ccc(CC(=O)Nc2ccc(N3CCCC3)c(S(=O)(=O)NC3CCCc4ccccc43)c2)cc1. The van der Waals surface area contributed by atoms with E-state index < -0.39 is 10.0 Å². The number of methoxy groups -OCH3 is 1. The summed E-state index contributed by atoms with van der Waals surface area (Å²) < 4.78 is 35.8. The minimum absolute atomic E-state index is 0.178. The van der Waals surface area contributed by atoms with Crippen LogP contribution in [0.5, 0.6) is 5.75 Å². The molecular formula is C29H33N3O4S. The van der Waals surface area contributed by atoms with Crippen LogP contribution in [0.2, 0.25) is 0 Å². The second-order valence-corrected chi connectivity index (χ2v) is 11.4. The maximum absolute atomic E-state index is 13.8. The van der Waals surface area contributed by atoms with Crippen molar-refractivity contribution in [1.82, 2.24) is 4.72 Å². The van der Waals surface area contributed by atoms with Crippen molar-refractivity contribution in [2.75, 3.05) is 30.4 Å². The monoisotopic (exact) mass is 519 g/mol. The molecule has 0 saturated carbocycles. The fourth-order valence-electron chi connectivity index (χ4n) is 5.29. The number of fused-ring (bicyclic) bond motifs is 1. The minimum atomic E-state index is -3.85. The molecule has 0 aromatic heterocycles. The second kappa shape index (κ2) is 10.9. The lowest BCUT2D eigenvalue weighted by Gasteiger charge is -2.28. The first kappa shape index (κ1) is 25.3. The Balaban J connectivity index is 1.40. The fourth-order valence-corrected chi connectivity index (χ4v) is 6.79. The van der Waals surface area contributed by atoms with Crippen LogP contribution in [0, 0.1) is 0 Å². The molecule has 1 aliphatic heterocycles. The van der Waals surface area contributed by atoms with E-state index in [4.69, 9.17) is 4.74 Å². The van der Waals surface area contributed by atoms with Crippen LogP contribution in [0.15, 0.2) is 71.6 Å². The normalized spacial score (nSPS) is 17.3. The van der Waals surface area contributed by atoms with Gasteiger partial charge in [0.15, 0.2) is 0 Å². The highest BCUT2D eigenvalue weighted by Gasteiger charge is 2.29. The van der Waals surface area contributed by atoms with Crippen molar-refractivity contribution < 1.29 is 17.9 Å². The molecule has 0 bridgehead atoms. The van der Waals surface area contributed by atoms with Gasteiger partial charge in [0.2, 0.25) is 15.9 Å². The van der Waals surface area contributed by atoms with Gasteiger partial charge in [-0.3, -0.25) is 4.79 Å². The highest BCUT2D eigenvalue weighted by atomic mass is 32.2. The van der Waals surface area contributed by atoms with Crippen LogP contribution >= 0.6 is 0 Å². The number of aryl methyl sites for hydroxylation is 1. The Labute approximate surface area is 218 Å². The zero-order valence-electron chi connectivity index (χ0n) is 21.1. The molecule has 1 atom stereocenters. The summed E-state index contributed by atoms with van der Waals surface area (Å²) >= 11 is 0. The number of carbonyl (C=O) groups is 1. The van der Waals surface area contributed by atoms with Crippen LogP contribution < -0.4 is 19.7 Å². The van der Waals surface area contributed by atoms with Gasteiger partial charge in [0, 0.05) is 24.8 Å². The summed E-state index contributed by atoms with van der Waals surface area (Å²) in [6.45, 7) is 1.63. The molecule has 1 fully saturated rings. The molecule has 2 aliphatic rings. The Morgan fingerprint density at radius 1 is 1.00 bits per heavy atom. The largest absolute Gasteiger partial charge is 0.497 e. The van der Waals surface area contributed by atoms with Crippen LogP contribution in [-0.2, 0) is 27.7 Å². The molecule has 0 radical (unpaired) electrons. The summed E-state index contributed by atoms with van der Waals surface area (Å²) in [6, 6.07) is 20.3. The molecule has 1 amide bonds. The molecule has 7 nitrogen and oxygen atoms in total. The first-order chi connectivity index (χ1) is 17.9. The number of carbonyl (C=O) groups excluding carboxylic acids is 1. The molecule has 194 valence electrons. The fraction of sp³-hybridized carbons (Fsp3) is 0.345. The zero-order valence-corrected chi connectivity index (χ0v) is 21.9. The summed E-state index contributed by atoms with van der Waals surface area (Å²) in [6.07, 6.45) is 4.89. The predicted octanol–water partition coefficient (Wildman–Crippen LogP) is 4.83. The zero-order chi connectivity index (χ0) is 25.8. The van der Waals surface area contributed by atoms with Crippen molar-refractivity contribution in [1.29, 1.82) is 0 Å². The Hall–Kier alpha value is -3.36. The maximum Gasteiger partial charge on any atom is 0.243 e. The third-order valence-corrected chi connectivity index (χ3v) is 8.67. The number of hydrogen-bond acceptors (Lipinski definition) is 5. The van der Waals surface area contributed by atoms with Gasteiger partial charge in [-0.25, -0.2) is 13.1 Å². The Morgan fingerprint density at radius 2 is 1.76 bits per heavy atom. The summed E-state index contributed by atoms with van der Waals surface area (Å²) in [5.41, 5.74) is 4.23. The number of anilines is 2. The highest BCUT2D eigenvalue weighted by Crippen LogP contribution is 2.35. The molecule has 1 heterocycles. The smallest absolute Gasteiger partial charge is 0.243 e. The predicted molar refractivity (Wildman–Crippen MR) is 146 cm³/mol. The van der Waals surface area contributed by atoms with Gasteiger partial charge in [0.25, 0.3) is 0 Å². The summed E-state index contributed by atoms with van der Waals surface area (Å²) in [7, 11) is -2.25. The Bertz CT molecular complexity index is 1370. The average molecular weight is 520 g/mol. The van der Waals surface area contributed by atoms with E-state index in [0.29, 0.717) is 11.4 Å². The van der Waals surface area contributed by atoms with Gasteiger partial charge >= 0.3 is 0 Å². The van der Waals surface area contributed by atoms with Crippen molar-refractivity contribution in [2.24, 2.45) is 0 Å². The summed E-state index contributed by atoms with van der Waals surface area (Å²) in [5.74, 6) is 0.515. The van der Waals surface area contributed by atoms with Gasteiger partial charge in [-0.2, -0.15) is 0 Å². The van der Waals surface area contributed by atoms with Gasteiger partial charge < -0.3 is 15.0 Å².